The fourth-order valence-electron chi connectivity index (χ4n) is 0.910. The zero-order valence-electron chi connectivity index (χ0n) is 6.63. The molecule has 0 aromatic carbocycles. The monoisotopic (exact) mass is 156 g/mol. The zero-order chi connectivity index (χ0) is 7.56. The summed E-state index contributed by atoms with van der Waals surface area (Å²) < 4.78 is 2.21. The molecule has 0 bridgehead atoms. The van der Waals surface area contributed by atoms with E-state index in [1.165, 1.54) is 5.44 Å². The molecule has 0 aliphatic heterocycles. The van der Waals surface area contributed by atoms with Crippen LogP contribution in [0.25, 0.3) is 0 Å². The minimum atomic E-state index is 0.546. The highest BCUT2D eigenvalue weighted by Gasteiger charge is 2.01. The van der Waals surface area contributed by atoms with Crippen molar-refractivity contribution in [3.8, 4) is 0 Å². The first-order valence-corrected chi connectivity index (χ1v) is 4.95. The molecule has 1 rings (SSSR count). The molecule has 1 aromatic rings. The van der Waals surface area contributed by atoms with Crippen LogP contribution in [-0.4, -0.2) is 16.2 Å². The zero-order valence-corrected chi connectivity index (χ0v) is 7.63. The SMILES string of the molecule is CPc1cncn1C(C)C. The van der Waals surface area contributed by atoms with E-state index in [0.717, 1.165) is 8.58 Å². The first kappa shape index (κ1) is 7.74. The van der Waals surface area contributed by atoms with Gasteiger partial charge in [0.1, 0.15) is 0 Å². The number of hydrogen-bond donors (Lipinski definition) is 0. The summed E-state index contributed by atoms with van der Waals surface area (Å²) in [4.78, 5) is 4.08. The van der Waals surface area contributed by atoms with Gasteiger partial charge in [-0.05, 0) is 20.5 Å². The van der Waals surface area contributed by atoms with Gasteiger partial charge in [-0.15, -0.1) is 0 Å². The van der Waals surface area contributed by atoms with E-state index in [-0.39, 0.29) is 0 Å². The van der Waals surface area contributed by atoms with Crippen molar-refractivity contribution >= 4 is 14.0 Å². The Kier molecular flexibility index (Phi) is 2.44. The molecule has 10 heavy (non-hydrogen) atoms. The normalized spacial score (nSPS) is 12.0. The minimum Gasteiger partial charge on any atom is -0.329 e. The highest BCUT2D eigenvalue weighted by Crippen LogP contribution is 2.08. The van der Waals surface area contributed by atoms with E-state index in [1.807, 2.05) is 12.5 Å². The Balaban J connectivity index is 2.90. The van der Waals surface area contributed by atoms with E-state index in [9.17, 15) is 0 Å². The van der Waals surface area contributed by atoms with Gasteiger partial charge in [0.2, 0.25) is 0 Å². The van der Waals surface area contributed by atoms with E-state index in [0.29, 0.717) is 6.04 Å². The van der Waals surface area contributed by atoms with Crippen molar-refractivity contribution in [2.75, 3.05) is 6.66 Å². The molecule has 1 unspecified atom stereocenters. The maximum Gasteiger partial charge on any atom is 0.0953 e. The number of hydrogen-bond acceptors (Lipinski definition) is 1. The van der Waals surface area contributed by atoms with Crippen LogP contribution in [0.3, 0.4) is 0 Å². The Morgan fingerprint density at radius 1 is 1.60 bits per heavy atom. The lowest BCUT2D eigenvalue weighted by Gasteiger charge is -2.09. The van der Waals surface area contributed by atoms with Gasteiger partial charge in [-0.2, -0.15) is 0 Å². The molecule has 0 spiro atoms. The Hall–Kier alpha value is -0.360. The van der Waals surface area contributed by atoms with Crippen molar-refractivity contribution in [1.82, 2.24) is 9.55 Å². The van der Waals surface area contributed by atoms with Crippen LogP contribution in [0, 0.1) is 0 Å². The molecule has 0 saturated heterocycles. The topological polar surface area (TPSA) is 17.8 Å². The van der Waals surface area contributed by atoms with Gasteiger partial charge in [-0.25, -0.2) is 4.98 Å². The quantitative estimate of drug-likeness (QED) is 0.592. The van der Waals surface area contributed by atoms with Gasteiger partial charge in [0.05, 0.1) is 18.0 Å². The van der Waals surface area contributed by atoms with Gasteiger partial charge in [0.25, 0.3) is 0 Å². The van der Waals surface area contributed by atoms with Crippen LogP contribution in [0.1, 0.15) is 19.9 Å². The second kappa shape index (κ2) is 3.16. The van der Waals surface area contributed by atoms with Gasteiger partial charge < -0.3 is 4.57 Å². The molecule has 1 atom stereocenters. The van der Waals surface area contributed by atoms with E-state index in [1.54, 1.807) is 0 Å². The molecule has 1 aromatic heterocycles. The average Bonchev–Trinajstić information content (AvgIpc) is 2.33. The molecule has 2 nitrogen and oxygen atoms in total. The predicted molar refractivity (Wildman–Crippen MR) is 46.5 cm³/mol. The van der Waals surface area contributed by atoms with Gasteiger partial charge in [0, 0.05) is 6.04 Å². The Morgan fingerprint density at radius 2 is 2.30 bits per heavy atom. The Bertz CT molecular complexity index is 205. The molecular weight excluding hydrogens is 143 g/mol. The average molecular weight is 156 g/mol. The van der Waals surface area contributed by atoms with E-state index in [2.05, 4.69) is 30.1 Å². The van der Waals surface area contributed by atoms with Crippen molar-refractivity contribution in [2.24, 2.45) is 0 Å². The molecular formula is C7H13N2P. The second-order valence-electron chi connectivity index (χ2n) is 2.53. The van der Waals surface area contributed by atoms with E-state index < -0.39 is 0 Å². The fourth-order valence-corrected chi connectivity index (χ4v) is 1.69. The van der Waals surface area contributed by atoms with E-state index >= 15 is 0 Å². The molecule has 0 fully saturated rings. The third-order valence-corrected chi connectivity index (χ3v) is 2.38. The van der Waals surface area contributed by atoms with Gasteiger partial charge >= 0.3 is 0 Å². The molecule has 0 aliphatic carbocycles. The lowest BCUT2D eigenvalue weighted by Crippen LogP contribution is -2.12. The number of imidazole rings is 1. The minimum absolute atomic E-state index is 0.546. The Labute approximate surface area is 63.4 Å². The van der Waals surface area contributed by atoms with Gasteiger partial charge in [-0.1, -0.05) is 8.58 Å². The summed E-state index contributed by atoms with van der Waals surface area (Å²) in [6.45, 7) is 6.52. The van der Waals surface area contributed by atoms with Gasteiger partial charge in [0.15, 0.2) is 0 Å². The highest BCUT2D eigenvalue weighted by atomic mass is 31.1. The standard InChI is InChI=1S/C7H13N2P/c1-6(2)9-5-8-4-7(9)10-3/h4-6,10H,1-3H3. The smallest absolute Gasteiger partial charge is 0.0953 e. The fraction of sp³-hybridized carbons (Fsp3) is 0.571. The third kappa shape index (κ3) is 1.38. The van der Waals surface area contributed by atoms with Crippen LogP contribution in [-0.2, 0) is 0 Å². The summed E-state index contributed by atoms with van der Waals surface area (Å²) >= 11 is 0. The van der Waals surface area contributed by atoms with Crippen LogP contribution < -0.4 is 5.44 Å². The number of nitrogens with zero attached hydrogens (tertiary/aromatic N) is 2. The maximum atomic E-state index is 4.08. The molecule has 0 saturated carbocycles. The Morgan fingerprint density at radius 3 is 2.70 bits per heavy atom. The van der Waals surface area contributed by atoms with Crippen LogP contribution in [0.2, 0.25) is 0 Å². The highest BCUT2D eigenvalue weighted by molar-refractivity contribution is 7.46. The van der Waals surface area contributed by atoms with Crippen LogP contribution in [0.15, 0.2) is 12.5 Å². The van der Waals surface area contributed by atoms with Crippen LogP contribution in [0.4, 0.5) is 0 Å². The van der Waals surface area contributed by atoms with Crippen molar-refractivity contribution in [1.29, 1.82) is 0 Å². The molecule has 0 aliphatic rings. The maximum absolute atomic E-state index is 4.08. The van der Waals surface area contributed by atoms with Gasteiger partial charge in [-0.3, -0.25) is 0 Å². The van der Waals surface area contributed by atoms with Crippen LogP contribution >= 0.6 is 8.58 Å². The number of aromatic nitrogens is 2. The first-order chi connectivity index (χ1) is 4.75. The first-order valence-electron chi connectivity index (χ1n) is 3.45. The second-order valence-corrected chi connectivity index (χ2v) is 3.54. The largest absolute Gasteiger partial charge is 0.329 e. The van der Waals surface area contributed by atoms with Crippen molar-refractivity contribution in [3.05, 3.63) is 12.5 Å². The molecule has 0 N–H and O–H groups in total. The van der Waals surface area contributed by atoms with Crippen LogP contribution in [0.5, 0.6) is 0 Å². The molecule has 3 heteroatoms. The number of rotatable bonds is 2. The third-order valence-electron chi connectivity index (χ3n) is 1.48. The predicted octanol–water partition coefficient (Wildman–Crippen LogP) is 1.40. The summed E-state index contributed by atoms with van der Waals surface area (Å²) in [5.74, 6) is 0. The van der Waals surface area contributed by atoms with Crippen molar-refractivity contribution in [2.45, 2.75) is 19.9 Å². The molecule has 0 amide bonds. The molecule has 1 heterocycles. The summed E-state index contributed by atoms with van der Waals surface area (Å²) in [6, 6.07) is 0.546. The molecule has 56 valence electrons. The lowest BCUT2D eigenvalue weighted by atomic mass is 10.4. The summed E-state index contributed by atoms with van der Waals surface area (Å²) in [5, 5.41) is 0. The summed E-state index contributed by atoms with van der Waals surface area (Å²) in [7, 11) is 0.847. The summed E-state index contributed by atoms with van der Waals surface area (Å²) in [5.41, 5.74) is 1.34. The molecule has 0 radical (unpaired) electrons. The van der Waals surface area contributed by atoms with Crippen molar-refractivity contribution in [3.63, 3.8) is 0 Å². The van der Waals surface area contributed by atoms with E-state index in [4.69, 9.17) is 0 Å². The summed E-state index contributed by atoms with van der Waals surface area (Å²) in [6.07, 6.45) is 3.84. The van der Waals surface area contributed by atoms with Crippen molar-refractivity contribution < 1.29 is 0 Å². The lowest BCUT2D eigenvalue weighted by molar-refractivity contribution is 0.613.